The summed E-state index contributed by atoms with van der Waals surface area (Å²) >= 11 is 0. The molecule has 3 heterocycles. The first kappa shape index (κ1) is 17.8. The van der Waals surface area contributed by atoms with Gasteiger partial charge < -0.3 is 19.4 Å². The topological polar surface area (TPSA) is 70.7 Å². The molecule has 0 radical (unpaired) electrons. The van der Waals surface area contributed by atoms with E-state index in [0.29, 0.717) is 0 Å². The van der Waals surface area contributed by atoms with E-state index >= 15 is 0 Å². The van der Waals surface area contributed by atoms with Gasteiger partial charge in [-0.3, -0.25) is 4.90 Å². The highest BCUT2D eigenvalue weighted by Crippen LogP contribution is 2.31. The number of hydrogen-bond acceptors (Lipinski definition) is 6. The van der Waals surface area contributed by atoms with Gasteiger partial charge in [-0.25, -0.2) is 9.78 Å². The van der Waals surface area contributed by atoms with E-state index in [9.17, 15) is 4.79 Å². The van der Waals surface area contributed by atoms with Crippen LogP contribution in [-0.4, -0.2) is 65.8 Å². The Bertz CT molecular complexity index is 960. The first-order valence-electron chi connectivity index (χ1n) is 9.29. The van der Waals surface area contributed by atoms with E-state index in [1.807, 2.05) is 0 Å². The lowest BCUT2D eigenvalue weighted by Gasteiger charge is -2.32. The maximum Gasteiger partial charge on any atom is 0.515 e. The molecule has 1 aromatic carbocycles. The molecule has 0 saturated carbocycles. The van der Waals surface area contributed by atoms with E-state index in [1.54, 1.807) is 19.2 Å². The second-order valence-electron chi connectivity index (χ2n) is 6.90. The summed E-state index contributed by atoms with van der Waals surface area (Å²) < 4.78 is 10.0. The zero-order valence-electron chi connectivity index (χ0n) is 15.7. The van der Waals surface area contributed by atoms with Crippen LogP contribution >= 0.6 is 0 Å². The van der Waals surface area contributed by atoms with E-state index in [2.05, 4.69) is 45.0 Å². The minimum atomic E-state index is -0.734. The van der Waals surface area contributed by atoms with Crippen molar-refractivity contribution in [2.75, 3.05) is 39.8 Å². The summed E-state index contributed by atoms with van der Waals surface area (Å²) in [6, 6.07) is 8.11. The molecule has 1 aliphatic rings. The molecular formula is C20H24N4O3. The molecule has 0 atom stereocenters. The van der Waals surface area contributed by atoms with Crippen molar-refractivity contribution in [1.82, 2.24) is 19.8 Å². The number of carbonyl (C=O) groups is 1. The minimum Gasteiger partial charge on any atom is -0.434 e. The van der Waals surface area contributed by atoms with E-state index in [0.717, 1.165) is 54.5 Å². The van der Waals surface area contributed by atoms with Crippen LogP contribution in [0.3, 0.4) is 0 Å². The SMILES string of the molecule is CCOC(=O)Oc1cc2c(cn1)[nH]c1cccc(CN3CCN(C)CC3)c12. The number of aromatic amines is 1. The molecule has 1 saturated heterocycles. The average molecular weight is 368 g/mol. The highest BCUT2D eigenvalue weighted by Gasteiger charge is 2.17. The zero-order valence-corrected chi connectivity index (χ0v) is 15.7. The number of piperazine rings is 1. The van der Waals surface area contributed by atoms with Gasteiger partial charge in [0.2, 0.25) is 5.88 Å². The van der Waals surface area contributed by atoms with E-state index < -0.39 is 6.16 Å². The molecule has 0 bridgehead atoms. The Morgan fingerprint density at radius 2 is 2.04 bits per heavy atom. The number of pyridine rings is 1. The highest BCUT2D eigenvalue weighted by atomic mass is 16.7. The number of hydrogen-bond donors (Lipinski definition) is 1. The molecule has 1 aliphatic heterocycles. The molecule has 0 amide bonds. The average Bonchev–Trinajstić information content (AvgIpc) is 3.03. The van der Waals surface area contributed by atoms with Crippen LogP contribution in [0, 0.1) is 0 Å². The Morgan fingerprint density at radius 1 is 1.22 bits per heavy atom. The van der Waals surface area contributed by atoms with Crippen LogP contribution in [0.1, 0.15) is 12.5 Å². The number of ether oxygens (including phenoxy) is 2. The fourth-order valence-electron chi connectivity index (χ4n) is 3.58. The summed E-state index contributed by atoms with van der Waals surface area (Å²) in [6.45, 7) is 7.21. The summed E-state index contributed by atoms with van der Waals surface area (Å²) in [7, 11) is 2.16. The lowest BCUT2D eigenvalue weighted by atomic mass is 10.1. The smallest absolute Gasteiger partial charge is 0.434 e. The van der Waals surface area contributed by atoms with Crippen molar-refractivity contribution in [2.45, 2.75) is 13.5 Å². The quantitative estimate of drug-likeness (QED) is 0.714. The molecule has 0 spiro atoms. The van der Waals surface area contributed by atoms with E-state index in [1.165, 1.54) is 5.56 Å². The monoisotopic (exact) mass is 368 g/mol. The molecule has 1 fully saturated rings. The fourth-order valence-corrected chi connectivity index (χ4v) is 3.58. The minimum absolute atomic E-state index is 0.247. The van der Waals surface area contributed by atoms with Crippen molar-refractivity contribution in [3.8, 4) is 5.88 Å². The van der Waals surface area contributed by atoms with Crippen LogP contribution in [0.5, 0.6) is 5.88 Å². The van der Waals surface area contributed by atoms with Gasteiger partial charge in [0.1, 0.15) is 0 Å². The Balaban J connectivity index is 1.68. The molecule has 27 heavy (non-hydrogen) atoms. The van der Waals surface area contributed by atoms with Crippen molar-refractivity contribution < 1.29 is 14.3 Å². The zero-order chi connectivity index (χ0) is 18.8. The number of likely N-dealkylation sites (N-methyl/N-ethyl adjacent to an activating group) is 1. The van der Waals surface area contributed by atoms with Crippen molar-refractivity contribution in [3.63, 3.8) is 0 Å². The first-order chi connectivity index (χ1) is 13.1. The maximum absolute atomic E-state index is 11.6. The number of H-pyrrole nitrogens is 1. The van der Waals surface area contributed by atoms with Crippen LogP contribution in [0.15, 0.2) is 30.5 Å². The number of rotatable bonds is 4. The summed E-state index contributed by atoms with van der Waals surface area (Å²) in [5.41, 5.74) is 3.25. The molecule has 1 N–H and O–H groups in total. The first-order valence-corrected chi connectivity index (χ1v) is 9.29. The fraction of sp³-hybridized carbons (Fsp3) is 0.400. The lowest BCUT2D eigenvalue weighted by Crippen LogP contribution is -2.43. The number of aromatic nitrogens is 2. The predicted octanol–water partition coefficient (Wildman–Crippen LogP) is 3.00. The molecular weight excluding hydrogens is 344 g/mol. The number of benzene rings is 1. The van der Waals surface area contributed by atoms with E-state index in [4.69, 9.17) is 9.47 Å². The third kappa shape index (κ3) is 3.74. The second-order valence-corrected chi connectivity index (χ2v) is 6.90. The number of fused-ring (bicyclic) bond motifs is 3. The summed E-state index contributed by atoms with van der Waals surface area (Å²) in [5.74, 6) is 0.247. The number of nitrogens with zero attached hydrogens (tertiary/aromatic N) is 3. The third-order valence-corrected chi connectivity index (χ3v) is 5.01. The highest BCUT2D eigenvalue weighted by molar-refractivity contribution is 6.09. The van der Waals surface area contributed by atoms with Crippen LogP contribution in [0.25, 0.3) is 21.8 Å². The van der Waals surface area contributed by atoms with Gasteiger partial charge in [0.25, 0.3) is 0 Å². The normalized spacial score (nSPS) is 16.1. The summed E-state index contributed by atoms with van der Waals surface area (Å²) in [6.07, 6.45) is 0.964. The predicted molar refractivity (Wildman–Crippen MR) is 104 cm³/mol. The van der Waals surface area contributed by atoms with Crippen molar-refractivity contribution in [3.05, 3.63) is 36.0 Å². The van der Waals surface area contributed by atoms with Gasteiger partial charge in [0, 0.05) is 55.1 Å². The van der Waals surface area contributed by atoms with Gasteiger partial charge >= 0.3 is 6.16 Å². The van der Waals surface area contributed by atoms with Crippen LogP contribution in [-0.2, 0) is 11.3 Å². The number of nitrogens with one attached hydrogen (secondary N) is 1. The molecule has 2 aromatic heterocycles. The van der Waals surface area contributed by atoms with Gasteiger partial charge in [-0.1, -0.05) is 12.1 Å². The lowest BCUT2D eigenvalue weighted by molar-refractivity contribution is 0.103. The van der Waals surface area contributed by atoms with Gasteiger partial charge in [0.15, 0.2) is 0 Å². The maximum atomic E-state index is 11.6. The molecule has 7 nitrogen and oxygen atoms in total. The largest absolute Gasteiger partial charge is 0.515 e. The Morgan fingerprint density at radius 3 is 2.81 bits per heavy atom. The number of carbonyl (C=O) groups excluding carboxylic acids is 1. The van der Waals surface area contributed by atoms with Crippen molar-refractivity contribution in [2.24, 2.45) is 0 Å². The molecule has 3 aromatic rings. The van der Waals surface area contributed by atoms with Gasteiger partial charge in [0.05, 0.1) is 18.3 Å². The molecule has 142 valence electrons. The Kier molecular flexibility index (Phi) is 4.96. The Labute approximate surface area is 157 Å². The third-order valence-electron chi connectivity index (χ3n) is 5.01. The van der Waals surface area contributed by atoms with Crippen LogP contribution in [0.4, 0.5) is 4.79 Å². The standard InChI is InChI=1S/C20H24N4O3/c1-3-26-20(25)27-18-11-15-17(12-21-18)22-16-6-4-5-14(19(15)16)13-24-9-7-23(2)8-10-24/h4-6,11-12,22H,3,7-10,13H2,1-2H3. The van der Waals surface area contributed by atoms with Crippen molar-refractivity contribution in [1.29, 1.82) is 0 Å². The van der Waals surface area contributed by atoms with Gasteiger partial charge in [-0.2, -0.15) is 0 Å². The molecule has 0 unspecified atom stereocenters. The Hall–Kier alpha value is -2.64. The van der Waals surface area contributed by atoms with Crippen LogP contribution < -0.4 is 4.74 Å². The molecule has 0 aliphatic carbocycles. The molecule has 7 heteroatoms. The molecule has 4 rings (SSSR count). The summed E-state index contributed by atoms with van der Waals surface area (Å²) in [4.78, 5) is 24.1. The van der Waals surface area contributed by atoms with Crippen LogP contribution in [0.2, 0.25) is 0 Å². The van der Waals surface area contributed by atoms with Gasteiger partial charge in [-0.05, 0) is 25.6 Å². The van der Waals surface area contributed by atoms with Gasteiger partial charge in [-0.15, -0.1) is 0 Å². The summed E-state index contributed by atoms with van der Waals surface area (Å²) in [5, 5.41) is 2.16. The second kappa shape index (κ2) is 7.54. The van der Waals surface area contributed by atoms with E-state index in [-0.39, 0.29) is 12.5 Å². The van der Waals surface area contributed by atoms with Crippen molar-refractivity contribution >= 4 is 28.0 Å².